The summed E-state index contributed by atoms with van der Waals surface area (Å²) in [6.45, 7) is 2.03. The zero-order chi connectivity index (χ0) is 12.3. The Morgan fingerprint density at radius 3 is 2.76 bits per heavy atom. The molecule has 0 amide bonds. The molecule has 2 rings (SSSR count). The number of alkyl halides is 3. The van der Waals surface area contributed by atoms with Crippen molar-refractivity contribution in [3.63, 3.8) is 0 Å². The molecule has 6 heteroatoms. The minimum absolute atomic E-state index is 0.150. The van der Waals surface area contributed by atoms with E-state index in [0.29, 0.717) is 12.2 Å². The summed E-state index contributed by atoms with van der Waals surface area (Å²) >= 11 is 0. The number of nitrogens with zero attached hydrogens (tertiary/aromatic N) is 1. The van der Waals surface area contributed by atoms with Crippen molar-refractivity contribution in [2.75, 3.05) is 13.1 Å². The Balaban J connectivity index is 1.89. The van der Waals surface area contributed by atoms with Crippen molar-refractivity contribution < 1.29 is 17.9 Å². The summed E-state index contributed by atoms with van der Waals surface area (Å²) in [5.41, 5.74) is -0.214. The first-order valence-corrected chi connectivity index (χ1v) is 5.40. The molecule has 1 unspecified atom stereocenters. The maximum atomic E-state index is 12.2. The molecule has 1 aromatic rings. The lowest BCUT2D eigenvalue weighted by molar-refractivity contribution is -0.141. The summed E-state index contributed by atoms with van der Waals surface area (Å²) < 4.78 is 42.3. The zero-order valence-electron chi connectivity index (χ0n) is 9.13. The molecule has 2 heterocycles. The zero-order valence-corrected chi connectivity index (χ0v) is 9.13. The number of nitrogens with one attached hydrogen (secondary N) is 1. The number of aromatic nitrogens is 1. The molecule has 1 saturated heterocycles. The second kappa shape index (κ2) is 5.01. The molecule has 1 fully saturated rings. The van der Waals surface area contributed by atoms with Crippen LogP contribution in [0.4, 0.5) is 13.2 Å². The molecule has 1 aromatic heterocycles. The normalized spacial score (nSPS) is 20.8. The monoisotopic (exact) mass is 246 g/mol. The maximum Gasteiger partial charge on any atom is 0.433 e. The molecule has 0 saturated carbocycles. The Hall–Kier alpha value is -1.14. The lowest BCUT2D eigenvalue weighted by Gasteiger charge is -2.11. The highest BCUT2D eigenvalue weighted by Crippen LogP contribution is 2.27. The summed E-state index contributed by atoms with van der Waals surface area (Å²) in [4.78, 5) is 3.37. The van der Waals surface area contributed by atoms with Crippen LogP contribution in [0.15, 0.2) is 18.3 Å². The van der Waals surface area contributed by atoms with Crippen LogP contribution in [-0.4, -0.2) is 24.2 Å². The third kappa shape index (κ3) is 3.41. The van der Waals surface area contributed by atoms with Gasteiger partial charge < -0.3 is 10.1 Å². The van der Waals surface area contributed by atoms with E-state index in [9.17, 15) is 13.2 Å². The number of hydrogen-bond donors (Lipinski definition) is 1. The van der Waals surface area contributed by atoms with E-state index in [2.05, 4.69) is 10.3 Å². The molecule has 0 radical (unpaired) electrons. The molecule has 0 aromatic carbocycles. The maximum absolute atomic E-state index is 12.2. The summed E-state index contributed by atoms with van der Waals surface area (Å²) in [5.74, 6) is 0. The molecule has 0 bridgehead atoms. The second-order valence-electron chi connectivity index (χ2n) is 3.98. The highest BCUT2D eigenvalue weighted by atomic mass is 19.4. The van der Waals surface area contributed by atoms with Crippen molar-refractivity contribution in [1.29, 1.82) is 0 Å². The van der Waals surface area contributed by atoms with E-state index >= 15 is 0 Å². The average molecular weight is 246 g/mol. The van der Waals surface area contributed by atoms with Crippen LogP contribution in [0.2, 0.25) is 0 Å². The fourth-order valence-electron chi connectivity index (χ4n) is 1.66. The van der Waals surface area contributed by atoms with Gasteiger partial charge in [0.2, 0.25) is 0 Å². The van der Waals surface area contributed by atoms with Crippen molar-refractivity contribution in [1.82, 2.24) is 10.3 Å². The lowest BCUT2D eigenvalue weighted by Crippen LogP contribution is -2.16. The van der Waals surface area contributed by atoms with E-state index in [1.807, 2.05) is 0 Å². The SMILES string of the molecule is FC(F)(F)c1ccc(COC2CCNC2)cn1. The number of rotatable bonds is 3. The topological polar surface area (TPSA) is 34.1 Å². The number of halogens is 3. The molecule has 0 spiro atoms. The molecule has 1 aliphatic heterocycles. The van der Waals surface area contributed by atoms with E-state index in [-0.39, 0.29) is 6.10 Å². The summed E-state index contributed by atoms with van der Waals surface area (Å²) in [5, 5.41) is 3.15. The third-order valence-corrected chi connectivity index (χ3v) is 2.62. The van der Waals surface area contributed by atoms with Crippen molar-refractivity contribution >= 4 is 0 Å². The van der Waals surface area contributed by atoms with Crippen LogP contribution >= 0.6 is 0 Å². The van der Waals surface area contributed by atoms with Gasteiger partial charge in [0.15, 0.2) is 0 Å². The number of hydrogen-bond acceptors (Lipinski definition) is 3. The van der Waals surface area contributed by atoms with Crippen molar-refractivity contribution in [2.24, 2.45) is 0 Å². The summed E-state index contributed by atoms with van der Waals surface area (Å²) in [6, 6.07) is 2.38. The van der Waals surface area contributed by atoms with E-state index in [1.165, 1.54) is 12.3 Å². The largest absolute Gasteiger partial charge is 0.433 e. The van der Waals surface area contributed by atoms with Crippen LogP contribution in [0.25, 0.3) is 0 Å². The molecular weight excluding hydrogens is 233 g/mol. The van der Waals surface area contributed by atoms with E-state index in [0.717, 1.165) is 25.6 Å². The van der Waals surface area contributed by atoms with Gasteiger partial charge in [-0.3, -0.25) is 4.98 Å². The molecule has 3 nitrogen and oxygen atoms in total. The van der Waals surface area contributed by atoms with Gasteiger partial charge in [-0.2, -0.15) is 13.2 Å². The Morgan fingerprint density at radius 2 is 2.24 bits per heavy atom. The first-order chi connectivity index (χ1) is 8.05. The van der Waals surface area contributed by atoms with Gasteiger partial charge in [-0.25, -0.2) is 0 Å². The smallest absolute Gasteiger partial charge is 0.372 e. The van der Waals surface area contributed by atoms with Gasteiger partial charge in [0.1, 0.15) is 5.69 Å². The van der Waals surface area contributed by atoms with Crippen molar-refractivity contribution in [3.8, 4) is 0 Å². The molecule has 17 heavy (non-hydrogen) atoms. The molecule has 1 N–H and O–H groups in total. The summed E-state index contributed by atoms with van der Waals surface area (Å²) in [6.07, 6.45) is -2.08. The van der Waals surface area contributed by atoms with E-state index in [1.54, 1.807) is 0 Å². The first kappa shape index (κ1) is 12.3. The summed E-state index contributed by atoms with van der Waals surface area (Å²) in [7, 11) is 0. The molecule has 1 atom stereocenters. The van der Waals surface area contributed by atoms with Crippen LogP contribution in [0, 0.1) is 0 Å². The third-order valence-electron chi connectivity index (χ3n) is 2.62. The van der Waals surface area contributed by atoms with Gasteiger partial charge in [-0.1, -0.05) is 6.07 Å². The first-order valence-electron chi connectivity index (χ1n) is 5.40. The predicted molar refractivity (Wildman–Crippen MR) is 55.3 cm³/mol. The lowest BCUT2D eigenvalue weighted by atomic mass is 10.2. The van der Waals surface area contributed by atoms with Gasteiger partial charge in [0, 0.05) is 12.7 Å². The average Bonchev–Trinajstić information content (AvgIpc) is 2.78. The minimum atomic E-state index is -4.38. The van der Waals surface area contributed by atoms with Crippen LogP contribution in [-0.2, 0) is 17.5 Å². The number of ether oxygens (including phenoxy) is 1. The van der Waals surface area contributed by atoms with Gasteiger partial charge >= 0.3 is 6.18 Å². The van der Waals surface area contributed by atoms with Crippen molar-refractivity contribution in [2.45, 2.75) is 25.3 Å². The van der Waals surface area contributed by atoms with Gasteiger partial charge in [0.25, 0.3) is 0 Å². The quantitative estimate of drug-likeness (QED) is 0.885. The Bertz CT molecular complexity index is 358. The highest BCUT2D eigenvalue weighted by molar-refractivity contribution is 5.15. The van der Waals surface area contributed by atoms with Crippen LogP contribution in [0.5, 0.6) is 0 Å². The van der Waals surface area contributed by atoms with E-state index < -0.39 is 11.9 Å². The molecule has 94 valence electrons. The van der Waals surface area contributed by atoms with Gasteiger partial charge in [0.05, 0.1) is 12.7 Å². The Kier molecular flexibility index (Phi) is 3.63. The molecule has 1 aliphatic rings. The van der Waals surface area contributed by atoms with Crippen LogP contribution in [0.3, 0.4) is 0 Å². The van der Waals surface area contributed by atoms with Gasteiger partial charge in [-0.15, -0.1) is 0 Å². The minimum Gasteiger partial charge on any atom is -0.372 e. The predicted octanol–water partition coefficient (Wildman–Crippen LogP) is 1.98. The van der Waals surface area contributed by atoms with Crippen LogP contribution < -0.4 is 5.32 Å². The Labute approximate surface area is 97.0 Å². The molecular formula is C11H13F3N2O. The second-order valence-corrected chi connectivity index (χ2v) is 3.98. The van der Waals surface area contributed by atoms with E-state index in [4.69, 9.17) is 4.74 Å². The van der Waals surface area contributed by atoms with Crippen molar-refractivity contribution in [3.05, 3.63) is 29.6 Å². The van der Waals surface area contributed by atoms with Crippen LogP contribution in [0.1, 0.15) is 17.7 Å². The fourth-order valence-corrected chi connectivity index (χ4v) is 1.66. The van der Waals surface area contributed by atoms with Gasteiger partial charge in [-0.05, 0) is 24.6 Å². The Morgan fingerprint density at radius 1 is 1.41 bits per heavy atom. The highest BCUT2D eigenvalue weighted by Gasteiger charge is 2.32. The fraction of sp³-hybridized carbons (Fsp3) is 0.545. The number of pyridine rings is 1. The standard InChI is InChI=1S/C11H13F3N2O/c12-11(13,14)10-2-1-8(5-16-10)7-17-9-3-4-15-6-9/h1-2,5,9,15H,3-4,6-7H2. The molecule has 0 aliphatic carbocycles.